The standard InChI is InChI=1S/C20H24N2O2/c1-15-8-10-16(11-9-15)13-17-5-3-6-18(21-17)19-7-4-12-22(19)20(23)14-24-2/h3,5-6,8-11,19H,4,7,12-14H2,1-2H3/t19-/m1/s1. The number of hydrogen-bond acceptors (Lipinski definition) is 3. The number of hydrogen-bond donors (Lipinski definition) is 0. The van der Waals surface area contributed by atoms with Gasteiger partial charge in [-0.1, -0.05) is 35.9 Å². The minimum absolute atomic E-state index is 0.0470. The Morgan fingerprint density at radius 3 is 2.79 bits per heavy atom. The number of aryl methyl sites for hydroxylation is 1. The average molecular weight is 324 g/mol. The third-order valence-corrected chi connectivity index (χ3v) is 4.52. The van der Waals surface area contributed by atoms with Gasteiger partial charge in [-0.25, -0.2) is 0 Å². The Kier molecular flexibility index (Phi) is 5.26. The fourth-order valence-corrected chi connectivity index (χ4v) is 3.28. The molecule has 0 unspecified atom stereocenters. The number of amides is 1. The largest absolute Gasteiger partial charge is 0.375 e. The van der Waals surface area contributed by atoms with Crippen LogP contribution in [0.15, 0.2) is 42.5 Å². The van der Waals surface area contributed by atoms with Crippen LogP contribution in [0.1, 0.15) is 41.4 Å². The topological polar surface area (TPSA) is 42.4 Å². The lowest BCUT2D eigenvalue weighted by Gasteiger charge is -2.24. The normalized spacial score (nSPS) is 17.2. The number of rotatable bonds is 5. The predicted octanol–water partition coefficient (Wildman–Crippen LogP) is 3.29. The van der Waals surface area contributed by atoms with Gasteiger partial charge in [-0.2, -0.15) is 0 Å². The molecular formula is C20H24N2O2. The molecule has 3 rings (SSSR count). The molecule has 1 aliphatic rings. The smallest absolute Gasteiger partial charge is 0.249 e. The Labute approximate surface area is 143 Å². The van der Waals surface area contributed by atoms with E-state index in [9.17, 15) is 4.79 Å². The summed E-state index contributed by atoms with van der Waals surface area (Å²) in [5.74, 6) is 0.0470. The van der Waals surface area contributed by atoms with Gasteiger partial charge in [0.05, 0.1) is 11.7 Å². The number of benzene rings is 1. The molecule has 1 saturated heterocycles. The van der Waals surface area contributed by atoms with Crippen LogP contribution in [0.2, 0.25) is 0 Å². The van der Waals surface area contributed by atoms with Gasteiger partial charge in [-0.3, -0.25) is 9.78 Å². The molecule has 2 heterocycles. The van der Waals surface area contributed by atoms with Gasteiger partial charge in [0, 0.05) is 25.8 Å². The molecule has 0 N–H and O–H groups in total. The minimum atomic E-state index is 0.0470. The number of ether oxygens (including phenoxy) is 1. The minimum Gasteiger partial charge on any atom is -0.375 e. The summed E-state index contributed by atoms with van der Waals surface area (Å²) in [4.78, 5) is 18.9. The number of carbonyl (C=O) groups is 1. The zero-order valence-electron chi connectivity index (χ0n) is 14.4. The molecule has 1 aromatic carbocycles. The van der Waals surface area contributed by atoms with E-state index in [1.54, 1.807) is 7.11 Å². The SMILES string of the molecule is COCC(=O)N1CCC[C@@H]1c1cccc(Cc2ccc(C)cc2)n1. The average Bonchev–Trinajstić information content (AvgIpc) is 3.07. The van der Waals surface area contributed by atoms with Gasteiger partial charge < -0.3 is 9.64 Å². The maximum Gasteiger partial charge on any atom is 0.249 e. The summed E-state index contributed by atoms with van der Waals surface area (Å²) in [6, 6.07) is 14.7. The maximum absolute atomic E-state index is 12.2. The van der Waals surface area contributed by atoms with E-state index in [1.807, 2.05) is 17.0 Å². The summed E-state index contributed by atoms with van der Waals surface area (Å²) in [6.07, 6.45) is 2.80. The van der Waals surface area contributed by atoms with Crippen LogP contribution in [0.25, 0.3) is 0 Å². The highest BCUT2D eigenvalue weighted by Crippen LogP contribution is 2.31. The van der Waals surface area contributed by atoms with Crippen LogP contribution in [0.4, 0.5) is 0 Å². The fraction of sp³-hybridized carbons (Fsp3) is 0.400. The summed E-state index contributed by atoms with van der Waals surface area (Å²) in [5, 5.41) is 0. The van der Waals surface area contributed by atoms with Crippen molar-refractivity contribution in [3.8, 4) is 0 Å². The number of pyridine rings is 1. The maximum atomic E-state index is 12.2. The lowest BCUT2D eigenvalue weighted by molar-refractivity contribution is -0.136. The molecule has 1 amide bonds. The van der Waals surface area contributed by atoms with E-state index in [0.717, 1.165) is 37.2 Å². The number of methoxy groups -OCH3 is 1. The molecule has 1 aliphatic heterocycles. The van der Waals surface area contributed by atoms with Crippen molar-refractivity contribution >= 4 is 5.91 Å². The first-order chi connectivity index (χ1) is 11.7. The van der Waals surface area contributed by atoms with Gasteiger partial charge in [-0.05, 0) is 37.5 Å². The summed E-state index contributed by atoms with van der Waals surface area (Å²) in [5.41, 5.74) is 4.55. The van der Waals surface area contributed by atoms with Crippen LogP contribution >= 0.6 is 0 Å². The van der Waals surface area contributed by atoms with Gasteiger partial charge in [0.25, 0.3) is 0 Å². The zero-order valence-corrected chi connectivity index (χ0v) is 14.4. The molecule has 4 nitrogen and oxygen atoms in total. The number of nitrogens with zero attached hydrogens (tertiary/aromatic N) is 2. The van der Waals surface area contributed by atoms with Gasteiger partial charge in [0.2, 0.25) is 5.91 Å². The zero-order chi connectivity index (χ0) is 16.9. The van der Waals surface area contributed by atoms with Crippen molar-refractivity contribution in [3.05, 3.63) is 65.0 Å². The lowest BCUT2D eigenvalue weighted by atomic mass is 10.1. The van der Waals surface area contributed by atoms with Crippen LogP contribution in [0, 0.1) is 6.92 Å². The van der Waals surface area contributed by atoms with E-state index in [0.29, 0.717) is 0 Å². The van der Waals surface area contributed by atoms with Crippen LogP contribution < -0.4 is 0 Å². The van der Waals surface area contributed by atoms with E-state index in [4.69, 9.17) is 9.72 Å². The van der Waals surface area contributed by atoms with Crippen LogP contribution in [-0.4, -0.2) is 36.1 Å². The van der Waals surface area contributed by atoms with Gasteiger partial charge in [0.15, 0.2) is 0 Å². The van der Waals surface area contributed by atoms with E-state index in [-0.39, 0.29) is 18.6 Å². The monoisotopic (exact) mass is 324 g/mol. The summed E-state index contributed by atoms with van der Waals surface area (Å²) in [6.45, 7) is 3.02. The van der Waals surface area contributed by atoms with Crippen molar-refractivity contribution in [2.75, 3.05) is 20.3 Å². The Balaban J connectivity index is 1.77. The molecule has 2 aromatic rings. The molecule has 1 atom stereocenters. The fourth-order valence-electron chi connectivity index (χ4n) is 3.28. The Hall–Kier alpha value is -2.20. The summed E-state index contributed by atoms with van der Waals surface area (Å²) in [7, 11) is 1.56. The van der Waals surface area contributed by atoms with E-state index >= 15 is 0 Å². The third kappa shape index (κ3) is 3.82. The van der Waals surface area contributed by atoms with E-state index in [1.165, 1.54) is 11.1 Å². The molecule has 0 radical (unpaired) electrons. The van der Waals surface area contributed by atoms with Crippen LogP contribution in [0.3, 0.4) is 0 Å². The second-order valence-electron chi connectivity index (χ2n) is 6.39. The van der Waals surface area contributed by atoms with Crippen LogP contribution in [-0.2, 0) is 16.0 Å². The van der Waals surface area contributed by atoms with Crippen molar-refractivity contribution in [1.29, 1.82) is 0 Å². The molecule has 0 aliphatic carbocycles. The van der Waals surface area contributed by atoms with Gasteiger partial charge in [-0.15, -0.1) is 0 Å². The Morgan fingerprint density at radius 1 is 1.25 bits per heavy atom. The highest BCUT2D eigenvalue weighted by molar-refractivity contribution is 5.78. The van der Waals surface area contributed by atoms with E-state index in [2.05, 4.69) is 37.3 Å². The number of aromatic nitrogens is 1. The molecule has 126 valence electrons. The van der Waals surface area contributed by atoms with Gasteiger partial charge in [0.1, 0.15) is 6.61 Å². The first kappa shape index (κ1) is 16.7. The number of likely N-dealkylation sites (tertiary alicyclic amines) is 1. The summed E-state index contributed by atoms with van der Waals surface area (Å²) < 4.78 is 5.00. The van der Waals surface area contributed by atoms with Crippen molar-refractivity contribution in [2.45, 2.75) is 32.2 Å². The number of carbonyl (C=O) groups excluding carboxylic acids is 1. The van der Waals surface area contributed by atoms with Crippen molar-refractivity contribution in [1.82, 2.24) is 9.88 Å². The highest BCUT2D eigenvalue weighted by Gasteiger charge is 2.30. The molecule has 0 bridgehead atoms. The Bertz CT molecular complexity index is 697. The van der Waals surface area contributed by atoms with Crippen molar-refractivity contribution in [2.24, 2.45) is 0 Å². The molecule has 4 heteroatoms. The molecule has 0 saturated carbocycles. The molecule has 1 aromatic heterocycles. The Morgan fingerprint density at radius 2 is 2.04 bits per heavy atom. The highest BCUT2D eigenvalue weighted by atomic mass is 16.5. The molecule has 0 spiro atoms. The second-order valence-corrected chi connectivity index (χ2v) is 6.39. The predicted molar refractivity (Wildman–Crippen MR) is 93.8 cm³/mol. The van der Waals surface area contributed by atoms with E-state index < -0.39 is 0 Å². The molecule has 24 heavy (non-hydrogen) atoms. The first-order valence-electron chi connectivity index (χ1n) is 8.47. The third-order valence-electron chi connectivity index (χ3n) is 4.52. The first-order valence-corrected chi connectivity index (χ1v) is 8.47. The second kappa shape index (κ2) is 7.58. The summed E-state index contributed by atoms with van der Waals surface area (Å²) >= 11 is 0. The quantitative estimate of drug-likeness (QED) is 0.847. The molecule has 1 fully saturated rings. The lowest BCUT2D eigenvalue weighted by Crippen LogP contribution is -2.33. The molecular weight excluding hydrogens is 300 g/mol. The van der Waals surface area contributed by atoms with Crippen LogP contribution in [0.5, 0.6) is 0 Å². The van der Waals surface area contributed by atoms with Crippen molar-refractivity contribution in [3.63, 3.8) is 0 Å². The van der Waals surface area contributed by atoms with Crippen molar-refractivity contribution < 1.29 is 9.53 Å². The van der Waals surface area contributed by atoms with Gasteiger partial charge >= 0.3 is 0 Å².